The zero-order valence-electron chi connectivity index (χ0n) is 16.2. The van der Waals surface area contributed by atoms with Crippen LogP contribution in [0.5, 0.6) is 5.75 Å². The van der Waals surface area contributed by atoms with Crippen LogP contribution in [-0.2, 0) is 14.1 Å². The van der Waals surface area contributed by atoms with Gasteiger partial charge in [-0.2, -0.15) is 0 Å². The summed E-state index contributed by atoms with van der Waals surface area (Å²) in [6.07, 6.45) is 3.85. The third kappa shape index (κ3) is 4.53. The van der Waals surface area contributed by atoms with Crippen molar-refractivity contribution in [3.05, 3.63) is 35.9 Å². The van der Waals surface area contributed by atoms with Crippen LogP contribution in [0.25, 0.3) is 5.47 Å². The van der Waals surface area contributed by atoms with Gasteiger partial charge in [0.1, 0.15) is 11.5 Å². The van der Waals surface area contributed by atoms with Crippen molar-refractivity contribution in [2.24, 2.45) is 0 Å². The van der Waals surface area contributed by atoms with Gasteiger partial charge in [-0.1, -0.05) is 25.1 Å². The summed E-state index contributed by atoms with van der Waals surface area (Å²) in [5.41, 5.74) is 1.18. The Morgan fingerprint density at radius 2 is 1.68 bits per heavy atom. The average Bonchev–Trinajstić information content (AvgIpc) is 2.79. The van der Waals surface area contributed by atoms with Crippen molar-refractivity contribution in [2.75, 3.05) is 7.11 Å². The number of hydrogen-bond donors (Lipinski definition) is 0. The first-order valence-electron chi connectivity index (χ1n) is 8.92. The Morgan fingerprint density at radius 1 is 1.12 bits per heavy atom. The highest BCUT2D eigenvalue weighted by Gasteiger charge is 2.52. The first-order valence-corrected chi connectivity index (χ1v) is 8.92. The van der Waals surface area contributed by atoms with E-state index in [4.69, 9.17) is 14.0 Å². The second-order valence-electron chi connectivity index (χ2n) is 7.41. The van der Waals surface area contributed by atoms with Crippen molar-refractivity contribution >= 4 is 18.4 Å². The van der Waals surface area contributed by atoms with Gasteiger partial charge in [0.15, 0.2) is 0 Å². The molecule has 5 heteroatoms. The Morgan fingerprint density at radius 3 is 2.16 bits per heavy atom. The van der Waals surface area contributed by atoms with E-state index in [1.54, 1.807) is 7.11 Å². The Labute approximate surface area is 151 Å². The fourth-order valence-corrected chi connectivity index (χ4v) is 2.67. The quantitative estimate of drug-likeness (QED) is 0.685. The molecule has 1 fully saturated rings. The molecule has 1 aliphatic heterocycles. The summed E-state index contributed by atoms with van der Waals surface area (Å²) in [6, 6.07) is 7.84. The topological polar surface area (TPSA) is 44.8 Å². The van der Waals surface area contributed by atoms with E-state index < -0.39 is 18.3 Å². The molecular weight excluding hydrogens is 315 g/mol. The molecule has 0 spiro atoms. The second-order valence-corrected chi connectivity index (χ2v) is 7.41. The number of Topliss-reactive ketones (excluding diaryl/α,β-unsaturated/α-hetero) is 1. The normalized spacial score (nSPS) is 19.1. The van der Waals surface area contributed by atoms with Crippen molar-refractivity contribution in [1.29, 1.82) is 0 Å². The van der Waals surface area contributed by atoms with E-state index in [-0.39, 0.29) is 5.78 Å². The predicted octanol–water partition coefficient (Wildman–Crippen LogP) is 4.47. The maximum Gasteiger partial charge on any atom is 0.495 e. The van der Waals surface area contributed by atoms with Crippen LogP contribution in [0, 0.1) is 0 Å². The van der Waals surface area contributed by atoms with Gasteiger partial charge in [-0.15, -0.1) is 0 Å². The summed E-state index contributed by atoms with van der Waals surface area (Å²) in [7, 11) is 1.20. The highest BCUT2D eigenvalue weighted by Crippen LogP contribution is 2.40. The van der Waals surface area contributed by atoms with Crippen molar-refractivity contribution in [1.82, 2.24) is 0 Å². The van der Waals surface area contributed by atoms with Gasteiger partial charge in [-0.25, -0.2) is 0 Å². The number of ether oxygens (including phenoxy) is 1. The summed E-state index contributed by atoms with van der Waals surface area (Å²) in [5, 5.41) is 0. The molecule has 0 unspecified atom stereocenters. The molecule has 136 valence electrons. The third-order valence-electron chi connectivity index (χ3n) is 5.11. The van der Waals surface area contributed by atoms with Crippen LogP contribution >= 0.6 is 0 Å². The summed E-state index contributed by atoms with van der Waals surface area (Å²) >= 11 is 0. The first kappa shape index (κ1) is 19.7. The molecule has 0 atom stereocenters. The van der Waals surface area contributed by atoms with Gasteiger partial charge in [0.2, 0.25) is 0 Å². The number of allylic oxidation sites excluding steroid dienone is 1. The van der Waals surface area contributed by atoms with Crippen LogP contribution in [0.4, 0.5) is 0 Å². The highest BCUT2D eigenvalue weighted by molar-refractivity contribution is 6.68. The lowest BCUT2D eigenvalue weighted by molar-refractivity contribution is -0.118. The van der Waals surface area contributed by atoms with E-state index in [1.165, 1.54) is 0 Å². The number of rotatable bonds is 7. The number of carbonyl (C=O) groups excluding carboxylic acids is 1. The van der Waals surface area contributed by atoms with Gasteiger partial charge < -0.3 is 14.0 Å². The van der Waals surface area contributed by atoms with E-state index in [0.717, 1.165) is 16.8 Å². The number of benzene rings is 1. The molecule has 0 bridgehead atoms. The minimum absolute atomic E-state index is 0.263. The van der Waals surface area contributed by atoms with E-state index in [0.29, 0.717) is 19.3 Å². The van der Waals surface area contributed by atoms with Gasteiger partial charge in [0, 0.05) is 12.8 Å². The largest absolute Gasteiger partial charge is 0.497 e. The summed E-state index contributed by atoms with van der Waals surface area (Å²) in [4.78, 5) is 11.6. The monoisotopic (exact) mass is 344 g/mol. The van der Waals surface area contributed by atoms with Crippen molar-refractivity contribution in [2.45, 2.75) is 65.1 Å². The number of ketones is 1. The lowest BCUT2D eigenvalue weighted by atomic mass is 9.73. The lowest BCUT2D eigenvalue weighted by Crippen LogP contribution is -2.41. The minimum atomic E-state index is -0.449. The molecule has 1 heterocycles. The maximum absolute atomic E-state index is 11.6. The number of methoxy groups -OCH3 is 1. The summed E-state index contributed by atoms with van der Waals surface area (Å²) in [6.45, 7) is 10.1. The smallest absolute Gasteiger partial charge is 0.495 e. The van der Waals surface area contributed by atoms with Crippen LogP contribution in [0.15, 0.2) is 30.3 Å². The molecule has 2 rings (SSSR count). The molecule has 1 aromatic carbocycles. The van der Waals surface area contributed by atoms with Gasteiger partial charge in [0.05, 0.1) is 18.3 Å². The molecule has 0 aromatic heterocycles. The molecule has 25 heavy (non-hydrogen) atoms. The minimum Gasteiger partial charge on any atom is -0.497 e. The Hall–Kier alpha value is -1.59. The van der Waals surface area contributed by atoms with Gasteiger partial charge >= 0.3 is 7.12 Å². The van der Waals surface area contributed by atoms with Gasteiger partial charge in [0.25, 0.3) is 0 Å². The Bertz CT molecular complexity index is 616. The maximum atomic E-state index is 11.6. The zero-order valence-corrected chi connectivity index (χ0v) is 16.2. The molecule has 0 saturated carbocycles. The molecule has 0 aliphatic carbocycles. The standard InChI is InChI=1S/C20H29BO4/c1-7-16(22)9-8-10-18(15-11-13-17(23-6)14-12-15)21-24-19(2,3)20(4,5)25-21/h10-14H,7-9H2,1-6H3/b18-10-. The number of hydrogen-bond acceptors (Lipinski definition) is 4. The third-order valence-corrected chi connectivity index (χ3v) is 5.11. The summed E-state index contributed by atoms with van der Waals surface area (Å²) in [5.74, 6) is 1.07. The van der Waals surface area contributed by atoms with E-state index in [1.807, 2.05) is 58.9 Å². The molecule has 1 aliphatic rings. The highest BCUT2D eigenvalue weighted by atomic mass is 16.7. The second kappa shape index (κ2) is 7.75. The van der Waals surface area contributed by atoms with Crippen molar-refractivity contribution in [3.8, 4) is 5.75 Å². The van der Waals surface area contributed by atoms with Crippen LogP contribution in [-0.4, -0.2) is 31.2 Å². The van der Waals surface area contributed by atoms with Crippen LogP contribution in [0.2, 0.25) is 0 Å². The first-order chi connectivity index (χ1) is 11.7. The van der Waals surface area contributed by atoms with Crippen LogP contribution in [0.3, 0.4) is 0 Å². The Balaban J connectivity index is 2.29. The van der Waals surface area contributed by atoms with E-state index in [9.17, 15) is 4.79 Å². The van der Waals surface area contributed by atoms with Crippen molar-refractivity contribution < 1.29 is 18.8 Å². The van der Waals surface area contributed by atoms with Gasteiger partial charge in [-0.05, 0) is 57.3 Å². The molecule has 4 nitrogen and oxygen atoms in total. The lowest BCUT2D eigenvalue weighted by Gasteiger charge is -2.32. The zero-order chi connectivity index (χ0) is 18.7. The molecule has 0 radical (unpaired) electrons. The summed E-state index contributed by atoms with van der Waals surface area (Å²) < 4.78 is 17.7. The van der Waals surface area contributed by atoms with E-state index >= 15 is 0 Å². The predicted molar refractivity (Wildman–Crippen MR) is 102 cm³/mol. The van der Waals surface area contributed by atoms with E-state index in [2.05, 4.69) is 6.08 Å². The number of carbonyl (C=O) groups is 1. The molecular formula is C20H29BO4. The molecule has 1 aromatic rings. The fraction of sp³-hybridized carbons (Fsp3) is 0.550. The molecule has 1 saturated heterocycles. The average molecular weight is 344 g/mol. The molecule has 0 N–H and O–H groups in total. The van der Waals surface area contributed by atoms with Crippen LogP contribution < -0.4 is 4.74 Å². The fourth-order valence-electron chi connectivity index (χ4n) is 2.67. The van der Waals surface area contributed by atoms with Crippen LogP contribution in [0.1, 0.15) is 59.4 Å². The SMILES string of the molecule is CCC(=O)CC/C=C(\B1OC(C)(C)C(C)(C)O1)c1ccc(OC)cc1. The van der Waals surface area contributed by atoms with Crippen molar-refractivity contribution in [3.63, 3.8) is 0 Å². The molecule has 0 amide bonds. The Kier molecular flexibility index (Phi) is 6.12. The van der Waals surface area contributed by atoms with Gasteiger partial charge in [-0.3, -0.25) is 4.79 Å².